The number of carbonyl (C=O) groups is 1. The van der Waals surface area contributed by atoms with E-state index in [0.29, 0.717) is 38.4 Å². The van der Waals surface area contributed by atoms with Crippen molar-refractivity contribution in [1.82, 2.24) is 14.6 Å². The number of hydrogen-bond donors (Lipinski definition) is 2. The lowest BCUT2D eigenvalue weighted by molar-refractivity contribution is -0.134. The molecule has 1 atom stereocenters. The zero-order chi connectivity index (χ0) is 24.0. The van der Waals surface area contributed by atoms with E-state index in [0.717, 1.165) is 29.4 Å². The standard InChI is InChI=1S/C26H32N4O3S/c1-20-13-17-30(18-14-20)26(31)24(9-6-16-28-25-10-4-5-15-27-25)29-34(32,33)23-12-11-21-7-2-3-8-22(21)19-23/h2-5,7-8,10-12,15,19-20,24,29H,6,9,13-14,16-18H2,1H3,(H,27,28). The minimum atomic E-state index is -3.86. The number of aromatic nitrogens is 1. The van der Waals surface area contributed by atoms with Crippen molar-refractivity contribution in [2.45, 2.75) is 43.5 Å². The molecule has 2 N–H and O–H groups in total. The van der Waals surface area contributed by atoms with Gasteiger partial charge in [0, 0.05) is 25.8 Å². The maximum Gasteiger partial charge on any atom is 0.241 e. The van der Waals surface area contributed by atoms with Crippen LogP contribution in [0.5, 0.6) is 0 Å². The monoisotopic (exact) mass is 480 g/mol. The van der Waals surface area contributed by atoms with Gasteiger partial charge in [-0.1, -0.05) is 43.3 Å². The van der Waals surface area contributed by atoms with Gasteiger partial charge in [-0.25, -0.2) is 13.4 Å². The van der Waals surface area contributed by atoms with Gasteiger partial charge in [0.05, 0.1) is 4.90 Å². The summed E-state index contributed by atoms with van der Waals surface area (Å²) >= 11 is 0. The van der Waals surface area contributed by atoms with Gasteiger partial charge in [0.2, 0.25) is 15.9 Å². The molecule has 8 heteroatoms. The lowest BCUT2D eigenvalue weighted by Gasteiger charge is -2.33. The number of nitrogens with zero attached hydrogens (tertiary/aromatic N) is 2. The highest BCUT2D eigenvalue weighted by atomic mass is 32.2. The van der Waals surface area contributed by atoms with Crippen LogP contribution in [-0.4, -0.2) is 49.9 Å². The molecule has 0 aliphatic carbocycles. The molecular formula is C26H32N4O3S. The van der Waals surface area contributed by atoms with Crippen LogP contribution < -0.4 is 10.0 Å². The zero-order valence-corrected chi connectivity index (χ0v) is 20.3. The Kier molecular flexibility index (Phi) is 7.80. The average molecular weight is 481 g/mol. The molecule has 1 saturated heterocycles. The fraction of sp³-hybridized carbons (Fsp3) is 0.385. The summed E-state index contributed by atoms with van der Waals surface area (Å²) in [5.41, 5.74) is 0. The third kappa shape index (κ3) is 6.12. The van der Waals surface area contributed by atoms with Crippen LogP contribution in [0.15, 0.2) is 71.8 Å². The molecule has 1 aliphatic rings. The molecule has 1 unspecified atom stereocenters. The van der Waals surface area contributed by atoms with Crippen molar-refractivity contribution in [3.8, 4) is 0 Å². The topological polar surface area (TPSA) is 91.4 Å². The maximum atomic E-state index is 13.4. The predicted molar refractivity (Wildman–Crippen MR) is 135 cm³/mol. The molecule has 0 spiro atoms. The van der Waals surface area contributed by atoms with Gasteiger partial charge in [-0.15, -0.1) is 0 Å². The van der Waals surface area contributed by atoms with Crippen LogP contribution in [0.3, 0.4) is 0 Å². The van der Waals surface area contributed by atoms with Crippen LogP contribution >= 0.6 is 0 Å². The van der Waals surface area contributed by atoms with Crippen molar-refractivity contribution in [2.75, 3.05) is 25.0 Å². The molecule has 2 heterocycles. The first-order valence-electron chi connectivity index (χ1n) is 11.9. The third-order valence-corrected chi connectivity index (χ3v) is 7.83. The number of fused-ring (bicyclic) bond motifs is 1. The molecule has 0 radical (unpaired) electrons. The second kappa shape index (κ2) is 11.0. The largest absolute Gasteiger partial charge is 0.370 e. The Balaban J connectivity index is 1.47. The Bertz CT molecular complexity index is 1210. The van der Waals surface area contributed by atoms with Crippen molar-refractivity contribution in [3.63, 3.8) is 0 Å². The van der Waals surface area contributed by atoms with E-state index in [9.17, 15) is 13.2 Å². The number of carbonyl (C=O) groups excluding carboxylic acids is 1. The number of anilines is 1. The van der Waals surface area contributed by atoms with Gasteiger partial charge in [0.25, 0.3) is 0 Å². The van der Waals surface area contributed by atoms with Gasteiger partial charge >= 0.3 is 0 Å². The first kappa shape index (κ1) is 24.2. The Morgan fingerprint density at radius 3 is 2.53 bits per heavy atom. The van der Waals surface area contributed by atoms with E-state index in [1.54, 1.807) is 29.3 Å². The number of benzene rings is 2. The quantitative estimate of drug-likeness (QED) is 0.451. The maximum absolute atomic E-state index is 13.4. The van der Waals surface area contributed by atoms with Crippen LogP contribution in [0.2, 0.25) is 0 Å². The number of sulfonamides is 1. The van der Waals surface area contributed by atoms with Crippen molar-refractivity contribution >= 4 is 32.5 Å². The van der Waals surface area contributed by atoms with Gasteiger partial charge in [-0.2, -0.15) is 4.72 Å². The highest BCUT2D eigenvalue weighted by Crippen LogP contribution is 2.21. The van der Waals surface area contributed by atoms with Gasteiger partial charge in [-0.3, -0.25) is 4.79 Å². The molecule has 1 aromatic heterocycles. The van der Waals surface area contributed by atoms with Gasteiger partial charge in [0.15, 0.2) is 0 Å². The minimum Gasteiger partial charge on any atom is -0.370 e. The van der Waals surface area contributed by atoms with Gasteiger partial charge in [-0.05, 0) is 66.6 Å². The Hall–Kier alpha value is -2.97. The molecule has 4 rings (SSSR count). The molecule has 7 nitrogen and oxygen atoms in total. The predicted octanol–water partition coefficient (Wildman–Crippen LogP) is 4.03. The molecule has 2 aromatic carbocycles. The van der Waals surface area contributed by atoms with Crippen LogP contribution in [0, 0.1) is 5.92 Å². The molecule has 3 aromatic rings. The van der Waals surface area contributed by atoms with Crippen molar-refractivity contribution in [1.29, 1.82) is 0 Å². The van der Waals surface area contributed by atoms with E-state index in [2.05, 4.69) is 21.9 Å². The summed E-state index contributed by atoms with van der Waals surface area (Å²) in [6.07, 6.45) is 4.62. The summed E-state index contributed by atoms with van der Waals surface area (Å²) < 4.78 is 29.3. The number of likely N-dealkylation sites (tertiary alicyclic amines) is 1. The zero-order valence-electron chi connectivity index (χ0n) is 19.5. The summed E-state index contributed by atoms with van der Waals surface area (Å²) in [5.74, 6) is 1.20. The first-order valence-corrected chi connectivity index (χ1v) is 13.4. The normalized spacial score (nSPS) is 15.9. The summed E-state index contributed by atoms with van der Waals surface area (Å²) in [6.45, 7) is 4.11. The number of rotatable bonds is 9. The smallest absolute Gasteiger partial charge is 0.241 e. The lowest BCUT2D eigenvalue weighted by atomic mass is 9.98. The molecule has 34 heavy (non-hydrogen) atoms. The summed E-state index contributed by atoms with van der Waals surface area (Å²) in [7, 11) is -3.86. The Morgan fingerprint density at radius 1 is 1.06 bits per heavy atom. The minimum absolute atomic E-state index is 0.144. The summed E-state index contributed by atoms with van der Waals surface area (Å²) in [4.78, 5) is 19.6. The van der Waals surface area contributed by atoms with E-state index < -0.39 is 16.1 Å². The second-order valence-electron chi connectivity index (χ2n) is 8.97. The van der Waals surface area contributed by atoms with E-state index in [4.69, 9.17) is 0 Å². The number of pyridine rings is 1. The molecule has 1 aliphatic heterocycles. The average Bonchev–Trinajstić information content (AvgIpc) is 2.86. The SMILES string of the molecule is CC1CCN(C(=O)C(CCCNc2ccccn2)NS(=O)(=O)c2ccc3ccccc3c2)CC1. The summed E-state index contributed by atoms with van der Waals surface area (Å²) in [5, 5.41) is 5.04. The van der Waals surface area contributed by atoms with E-state index in [1.165, 1.54) is 0 Å². The van der Waals surface area contributed by atoms with Crippen molar-refractivity contribution in [3.05, 3.63) is 66.9 Å². The van der Waals surface area contributed by atoms with Gasteiger partial charge in [0.1, 0.15) is 11.9 Å². The van der Waals surface area contributed by atoms with Crippen LogP contribution in [0.25, 0.3) is 10.8 Å². The van der Waals surface area contributed by atoms with Gasteiger partial charge < -0.3 is 10.2 Å². The number of nitrogens with one attached hydrogen (secondary N) is 2. The van der Waals surface area contributed by atoms with Crippen LogP contribution in [0.4, 0.5) is 5.82 Å². The Labute approximate surface area is 201 Å². The molecule has 0 bridgehead atoms. The fourth-order valence-electron chi connectivity index (χ4n) is 4.26. The van der Waals surface area contributed by atoms with Crippen molar-refractivity contribution < 1.29 is 13.2 Å². The van der Waals surface area contributed by atoms with E-state index in [1.807, 2.05) is 42.5 Å². The van der Waals surface area contributed by atoms with E-state index in [-0.39, 0.29) is 10.8 Å². The number of amides is 1. The molecule has 0 saturated carbocycles. The summed E-state index contributed by atoms with van der Waals surface area (Å²) in [6, 6.07) is 17.5. The highest BCUT2D eigenvalue weighted by Gasteiger charge is 2.30. The van der Waals surface area contributed by atoms with Crippen LogP contribution in [-0.2, 0) is 14.8 Å². The highest BCUT2D eigenvalue weighted by molar-refractivity contribution is 7.89. The number of piperidine rings is 1. The lowest BCUT2D eigenvalue weighted by Crippen LogP contribution is -2.50. The molecule has 180 valence electrons. The second-order valence-corrected chi connectivity index (χ2v) is 10.7. The molecule has 1 amide bonds. The first-order chi connectivity index (χ1) is 16.4. The Morgan fingerprint density at radius 2 is 1.79 bits per heavy atom. The van der Waals surface area contributed by atoms with Crippen LogP contribution in [0.1, 0.15) is 32.6 Å². The number of hydrogen-bond acceptors (Lipinski definition) is 5. The molecule has 1 fully saturated rings. The fourth-order valence-corrected chi connectivity index (χ4v) is 5.52. The third-order valence-electron chi connectivity index (χ3n) is 6.36. The van der Waals surface area contributed by atoms with E-state index >= 15 is 0 Å². The van der Waals surface area contributed by atoms with Crippen molar-refractivity contribution in [2.24, 2.45) is 5.92 Å². The molecular weight excluding hydrogens is 448 g/mol.